The van der Waals surface area contributed by atoms with Crippen LogP contribution in [0.15, 0.2) is 6.20 Å². The molecular weight excluding hydrogens is 254 g/mol. The molecule has 0 radical (unpaired) electrons. The lowest BCUT2D eigenvalue weighted by molar-refractivity contribution is 0.469. The molecule has 1 saturated heterocycles. The minimum Gasteiger partial charge on any atom is -0.503 e. The Balaban J connectivity index is 2.00. The third-order valence-corrected chi connectivity index (χ3v) is 6.89. The summed E-state index contributed by atoms with van der Waals surface area (Å²) < 4.78 is 0. The minimum atomic E-state index is -0.935. The zero-order valence-electron chi connectivity index (χ0n) is 10.2. The van der Waals surface area contributed by atoms with Crippen LogP contribution in [0.4, 0.5) is 5.82 Å². The maximum atomic E-state index is 9.63. The quantitative estimate of drug-likeness (QED) is 0.641. The van der Waals surface area contributed by atoms with Crippen LogP contribution in [-0.2, 0) is 0 Å². The lowest BCUT2D eigenvalue weighted by Crippen LogP contribution is -2.36. The van der Waals surface area contributed by atoms with Gasteiger partial charge in [0.05, 0.1) is 6.20 Å². The first-order chi connectivity index (χ1) is 7.96. The van der Waals surface area contributed by atoms with Crippen LogP contribution in [0.25, 0.3) is 0 Å². The molecule has 6 heteroatoms. The van der Waals surface area contributed by atoms with E-state index in [1.165, 1.54) is 18.3 Å². The first-order valence-electron chi connectivity index (χ1n) is 5.94. The molecule has 94 valence electrons. The molecule has 1 aromatic heterocycles. The highest BCUT2D eigenvalue weighted by Gasteiger charge is 2.28. The Morgan fingerprint density at radius 3 is 2.71 bits per heavy atom. The lowest BCUT2D eigenvalue weighted by atomic mass is 10.1. The summed E-state index contributed by atoms with van der Waals surface area (Å²) >= 11 is 5.71. The molecule has 4 nitrogen and oxygen atoms in total. The SMILES string of the molecule is C[Si]1(C)CCC(Nc2nc(Cl)ncc2O)CC1. The Morgan fingerprint density at radius 2 is 2.06 bits per heavy atom. The maximum Gasteiger partial charge on any atom is 0.224 e. The van der Waals surface area contributed by atoms with Gasteiger partial charge in [0.15, 0.2) is 11.6 Å². The fraction of sp³-hybridized carbons (Fsp3) is 0.636. The molecule has 1 aliphatic heterocycles. The number of aromatic nitrogens is 2. The van der Waals surface area contributed by atoms with E-state index in [2.05, 4.69) is 28.4 Å². The summed E-state index contributed by atoms with van der Waals surface area (Å²) in [6.45, 7) is 4.87. The topological polar surface area (TPSA) is 58.0 Å². The molecule has 0 atom stereocenters. The molecular formula is C11H18ClN3OSi. The highest BCUT2D eigenvalue weighted by Crippen LogP contribution is 2.31. The van der Waals surface area contributed by atoms with Crippen molar-refractivity contribution in [2.24, 2.45) is 0 Å². The third-order valence-electron chi connectivity index (χ3n) is 3.42. The summed E-state index contributed by atoms with van der Waals surface area (Å²) in [4.78, 5) is 7.73. The number of halogens is 1. The standard InChI is InChI=1S/C11H18ClN3OSi/c1-17(2)5-3-8(4-6-17)14-10-9(16)7-13-11(12)15-10/h7-8,16H,3-6H2,1-2H3,(H,13,14,15). The van der Waals surface area contributed by atoms with Gasteiger partial charge in [-0.25, -0.2) is 4.98 Å². The number of hydrogen-bond donors (Lipinski definition) is 2. The van der Waals surface area contributed by atoms with Crippen LogP contribution >= 0.6 is 11.6 Å². The van der Waals surface area contributed by atoms with Crippen molar-refractivity contribution in [1.29, 1.82) is 0 Å². The number of anilines is 1. The molecule has 2 rings (SSSR count). The van der Waals surface area contributed by atoms with Crippen molar-refractivity contribution < 1.29 is 5.11 Å². The summed E-state index contributed by atoms with van der Waals surface area (Å²) in [5, 5.41) is 13.1. The molecule has 0 unspecified atom stereocenters. The molecule has 2 heterocycles. The van der Waals surface area contributed by atoms with Crippen molar-refractivity contribution >= 4 is 25.5 Å². The first kappa shape index (κ1) is 12.6. The first-order valence-corrected chi connectivity index (χ1v) is 9.73. The Hall–Kier alpha value is -0.813. The number of nitrogens with zero attached hydrogens (tertiary/aromatic N) is 2. The van der Waals surface area contributed by atoms with Gasteiger partial charge in [-0.3, -0.25) is 0 Å². The van der Waals surface area contributed by atoms with E-state index in [-0.39, 0.29) is 11.0 Å². The highest BCUT2D eigenvalue weighted by molar-refractivity contribution is 6.77. The average Bonchev–Trinajstić information content (AvgIpc) is 2.26. The summed E-state index contributed by atoms with van der Waals surface area (Å²) in [5.41, 5.74) is 0. The van der Waals surface area contributed by atoms with Crippen LogP contribution in [-0.4, -0.2) is 29.2 Å². The third kappa shape index (κ3) is 3.32. The highest BCUT2D eigenvalue weighted by atomic mass is 35.5. The number of rotatable bonds is 2. The fourth-order valence-electron chi connectivity index (χ4n) is 2.20. The average molecular weight is 272 g/mol. The van der Waals surface area contributed by atoms with E-state index in [0.717, 1.165) is 12.8 Å². The van der Waals surface area contributed by atoms with Gasteiger partial charge in [-0.1, -0.05) is 25.2 Å². The van der Waals surface area contributed by atoms with Crippen LogP contribution < -0.4 is 5.32 Å². The zero-order chi connectivity index (χ0) is 12.5. The molecule has 2 N–H and O–H groups in total. The Kier molecular flexibility index (Phi) is 3.58. The maximum absolute atomic E-state index is 9.63. The van der Waals surface area contributed by atoms with Crippen molar-refractivity contribution in [2.75, 3.05) is 5.32 Å². The molecule has 0 amide bonds. The van der Waals surface area contributed by atoms with Crippen molar-refractivity contribution in [3.05, 3.63) is 11.5 Å². The molecule has 0 aliphatic carbocycles. The predicted molar refractivity (Wildman–Crippen MR) is 72.4 cm³/mol. The van der Waals surface area contributed by atoms with Crippen LogP contribution in [0.1, 0.15) is 12.8 Å². The van der Waals surface area contributed by atoms with Gasteiger partial charge in [-0.2, -0.15) is 4.98 Å². The molecule has 0 bridgehead atoms. The van der Waals surface area contributed by atoms with Gasteiger partial charge in [-0.15, -0.1) is 0 Å². The normalized spacial score (nSPS) is 20.2. The molecule has 17 heavy (non-hydrogen) atoms. The molecule has 0 aromatic carbocycles. The number of nitrogens with one attached hydrogen (secondary N) is 1. The van der Waals surface area contributed by atoms with Gasteiger partial charge in [0.1, 0.15) is 0 Å². The van der Waals surface area contributed by atoms with Gasteiger partial charge in [0, 0.05) is 14.1 Å². The van der Waals surface area contributed by atoms with Gasteiger partial charge >= 0.3 is 0 Å². The van der Waals surface area contributed by atoms with E-state index in [0.29, 0.717) is 11.9 Å². The van der Waals surface area contributed by atoms with Crippen molar-refractivity contribution in [3.63, 3.8) is 0 Å². The number of hydrogen-bond acceptors (Lipinski definition) is 4. The van der Waals surface area contributed by atoms with Gasteiger partial charge in [-0.05, 0) is 24.4 Å². The van der Waals surface area contributed by atoms with Crippen molar-refractivity contribution in [3.8, 4) is 5.75 Å². The summed E-state index contributed by atoms with van der Waals surface area (Å²) in [6, 6.07) is 3.04. The summed E-state index contributed by atoms with van der Waals surface area (Å²) in [6.07, 6.45) is 3.64. The fourth-order valence-corrected chi connectivity index (χ4v) is 4.84. The summed E-state index contributed by atoms with van der Waals surface area (Å²) in [7, 11) is -0.935. The molecule has 1 fully saturated rings. The van der Waals surface area contributed by atoms with Gasteiger partial charge in [0.25, 0.3) is 0 Å². The molecule has 1 aliphatic rings. The lowest BCUT2D eigenvalue weighted by Gasteiger charge is -2.33. The Bertz CT molecular complexity index is 404. The van der Waals surface area contributed by atoms with Crippen LogP contribution in [0.3, 0.4) is 0 Å². The summed E-state index contributed by atoms with van der Waals surface area (Å²) in [5.74, 6) is 0.521. The Morgan fingerprint density at radius 1 is 1.41 bits per heavy atom. The van der Waals surface area contributed by atoms with Crippen molar-refractivity contribution in [2.45, 2.75) is 44.1 Å². The molecule has 0 spiro atoms. The van der Waals surface area contributed by atoms with E-state index in [1.807, 2.05) is 0 Å². The predicted octanol–water partition coefficient (Wildman–Crippen LogP) is 3.12. The molecule has 1 aromatic rings. The van der Waals surface area contributed by atoms with Crippen LogP contribution in [0.2, 0.25) is 30.5 Å². The van der Waals surface area contributed by atoms with E-state index >= 15 is 0 Å². The second-order valence-corrected chi connectivity index (χ2v) is 11.1. The largest absolute Gasteiger partial charge is 0.503 e. The smallest absolute Gasteiger partial charge is 0.224 e. The van der Waals surface area contributed by atoms with Crippen LogP contribution in [0.5, 0.6) is 5.75 Å². The number of aromatic hydroxyl groups is 1. The van der Waals surface area contributed by atoms with Gasteiger partial charge in [0.2, 0.25) is 5.28 Å². The van der Waals surface area contributed by atoms with E-state index in [9.17, 15) is 5.11 Å². The zero-order valence-corrected chi connectivity index (χ0v) is 12.0. The second-order valence-electron chi connectivity index (χ2n) is 5.46. The van der Waals surface area contributed by atoms with E-state index < -0.39 is 8.07 Å². The van der Waals surface area contributed by atoms with Crippen LogP contribution in [0, 0.1) is 0 Å². The molecule has 0 saturated carbocycles. The van der Waals surface area contributed by atoms with E-state index in [1.54, 1.807) is 0 Å². The van der Waals surface area contributed by atoms with Crippen molar-refractivity contribution in [1.82, 2.24) is 9.97 Å². The van der Waals surface area contributed by atoms with Gasteiger partial charge < -0.3 is 10.4 Å². The van der Waals surface area contributed by atoms with E-state index in [4.69, 9.17) is 11.6 Å². The second kappa shape index (κ2) is 4.82. The minimum absolute atomic E-state index is 0.0662. The monoisotopic (exact) mass is 271 g/mol. The Labute approximate surface area is 107 Å².